The molecule has 0 saturated heterocycles. The van der Waals surface area contributed by atoms with E-state index in [1.807, 2.05) is 26.8 Å². The van der Waals surface area contributed by atoms with Crippen molar-refractivity contribution in [2.24, 2.45) is 0 Å². The van der Waals surface area contributed by atoms with E-state index in [1.54, 1.807) is 12.1 Å². The number of benzene rings is 1. The van der Waals surface area contributed by atoms with Gasteiger partial charge in [0.2, 0.25) is 10.0 Å². The Morgan fingerprint density at radius 2 is 1.95 bits per heavy atom. The molecule has 0 heterocycles. The van der Waals surface area contributed by atoms with Gasteiger partial charge in [-0.25, -0.2) is 13.1 Å². The third-order valence-electron chi connectivity index (χ3n) is 3.40. The van der Waals surface area contributed by atoms with E-state index in [0.29, 0.717) is 11.4 Å². The van der Waals surface area contributed by atoms with E-state index in [-0.39, 0.29) is 6.04 Å². The Balaban J connectivity index is 2.98. The van der Waals surface area contributed by atoms with Crippen LogP contribution in [-0.4, -0.2) is 21.0 Å². The minimum absolute atomic E-state index is 0.0544. The first-order valence-electron chi connectivity index (χ1n) is 7.23. The summed E-state index contributed by atoms with van der Waals surface area (Å²) >= 11 is 0. The van der Waals surface area contributed by atoms with Crippen LogP contribution < -0.4 is 10.0 Å². The standard InChI is InChI=1S/C15H26N2O2S/c1-5-10-16-11-14-8-7-9-15(13(14)4)20(18,19)17-12(3)6-2/h7-9,12,16-17H,5-6,10-11H2,1-4H3. The molecule has 0 aromatic heterocycles. The summed E-state index contributed by atoms with van der Waals surface area (Å²) in [6, 6.07) is 5.39. The average Bonchev–Trinajstić information content (AvgIpc) is 2.40. The summed E-state index contributed by atoms with van der Waals surface area (Å²) in [6.07, 6.45) is 1.84. The Kier molecular flexibility index (Phi) is 6.65. The number of hydrogen-bond donors (Lipinski definition) is 2. The van der Waals surface area contributed by atoms with Crippen molar-refractivity contribution in [2.45, 2.75) is 58.0 Å². The highest BCUT2D eigenvalue weighted by atomic mass is 32.2. The molecule has 0 aliphatic rings. The van der Waals surface area contributed by atoms with Crippen molar-refractivity contribution in [2.75, 3.05) is 6.54 Å². The van der Waals surface area contributed by atoms with E-state index in [2.05, 4.69) is 17.0 Å². The number of rotatable bonds is 8. The van der Waals surface area contributed by atoms with Gasteiger partial charge in [0.05, 0.1) is 4.90 Å². The third kappa shape index (κ3) is 4.58. The van der Waals surface area contributed by atoms with Gasteiger partial charge < -0.3 is 5.32 Å². The smallest absolute Gasteiger partial charge is 0.241 e. The molecular weight excluding hydrogens is 272 g/mol. The van der Waals surface area contributed by atoms with E-state index in [9.17, 15) is 8.42 Å². The van der Waals surface area contributed by atoms with E-state index in [4.69, 9.17) is 0 Å². The highest BCUT2D eigenvalue weighted by Crippen LogP contribution is 2.19. The normalized spacial score (nSPS) is 13.4. The lowest BCUT2D eigenvalue weighted by molar-refractivity contribution is 0.555. The lowest BCUT2D eigenvalue weighted by Crippen LogP contribution is -2.32. The molecule has 20 heavy (non-hydrogen) atoms. The first-order chi connectivity index (χ1) is 9.42. The Morgan fingerprint density at radius 1 is 1.25 bits per heavy atom. The zero-order valence-corrected chi connectivity index (χ0v) is 13.7. The molecule has 0 radical (unpaired) electrons. The minimum Gasteiger partial charge on any atom is -0.313 e. The van der Waals surface area contributed by atoms with Crippen LogP contribution in [0, 0.1) is 6.92 Å². The number of hydrogen-bond acceptors (Lipinski definition) is 3. The fourth-order valence-corrected chi connectivity index (χ4v) is 3.57. The van der Waals surface area contributed by atoms with Gasteiger partial charge in [-0.1, -0.05) is 26.0 Å². The second-order valence-electron chi connectivity index (χ2n) is 5.15. The molecule has 0 amide bonds. The van der Waals surface area contributed by atoms with E-state index >= 15 is 0 Å². The molecule has 0 bridgehead atoms. The minimum atomic E-state index is -3.43. The molecule has 1 unspecified atom stereocenters. The van der Waals surface area contributed by atoms with Gasteiger partial charge in [-0.05, 0) is 50.4 Å². The molecule has 5 heteroatoms. The van der Waals surface area contributed by atoms with Gasteiger partial charge in [0, 0.05) is 12.6 Å². The molecule has 4 nitrogen and oxygen atoms in total. The molecule has 0 aliphatic carbocycles. The highest BCUT2D eigenvalue weighted by molar-refractivity contribution is 7.89. The van der Waals surface area contributed by atoms with E-state index < -0.39 is 10.0 Å². The van der Waals surface area contributed by atoms with Gasteiger partial charge >= 0.3 is 0 Å². The molecule has 0 saturated carbocycles. The van der Waals surface area contributed by atoms with Crippen molar-refractivity contribution < 1.29 is 8.42 Å². The number of nitrogens with one attached hydrogen (secondary N) is 2. The Morgan fingerprint density at radius 3 is 2.55 bits per heavy atom. The monoisotopic (exact) mass is 298 g/mol. The first kappa shape index (κ1) is 17.1. The third-order valence-corrected chi connectivity index (χ3v) is 5.13. The molecule has 2 N–H and O–H groups in total. The van der Waals surface area contributed by atoms with Crippen LogP contribution in [0.2, 0.25) is 0 Å². The maximum Gasteiger partial charge on any atom is 0.241 e. The number of sulfonamides is 1. The van der Waals surface area contributed by atoms with E-state index in [0.717, 1.165) is 30.5 Å². The molecule has 1 atom stereocenters. The molecule has 114 valence electrons. The second-order valence-corrected chi connectivity index (χ2v) is 6.83. The van der Waals surface area contributed by atoms with Gasteiger partial charge in [0.15, 0.2) is 0 Å². The van der Waals surface area contributed by atoms with Crippen LogP contribution in [0.15, 0.2) is 23.1 Å². The zero-order valence-electron chi connectivity index (χ0n) is 12.9. The van der Waals surface area contributed by atoms with Crippen molar-refractivity contribution in [1.29, 1.82) is 0 Å². The fraction of sp³-hybridized carbons (Fsp3) is 0.600. The Hall–Kier alpha value is -0.910. The first-order valence-corrected chi connectivity index (χ1v) is 8.72. The van der Waals surface area contributed by atoms with Crippen LogP contribution in [0.5, 0.6) is 0 Å². The van der Waals surface area contributed by atoms with Crippen molar-refractivity contribution in [3.63, 3.8) is 0 Å². The predicted molar refractivity (Wildman–Crippen MR) is 83.3 cm³/mol. The van der Waals surface area contributed by atoms with Crippen LogP contribution in [-0.2, 0) is 16.6 Å². The van der Waals surface area contributed by atoms with Crippen LogP contribution in [0.3, 0.4) is 0 Å². The van der Waals surface area contributed by atoms with Crippen molar-refractivity contribution in [1.82, 2.24) is 10.0 Å². The quantitative estimate of drug-likeness (QED) is 0.725. The van der Waals surface area contributed by atoms with Gasteiger partial charge in [-0.2, -0.15) is 0 Å². The summed E-state index contributed by atoms with van der Waals surface area (Å²) in [5.74, 6) is 0. The molecular formula is C15H26N2O2S. The predicted octanol–water partition coefficient (Wildman–Crippen LogP) is 2.57. The SMILES string of the molecule is CCCNCc1cccc(S(=O)(=O)NC(C)CC)c1C. The largest absolute Gasteiger partial charge is 0.313 e. The zero-order chi connectivity index (χ0) is 15.2. The Labute approximate surface area is 123 Å². The van der Waals surface area contributed by atoms with Crippen LogP contribution in [0.1, 0.15) is 44.7 Å². The summed E-state index contributed by atoms with van der Waals surface area (Å²) in [4.78, 5) is 0.383. The lowest BCUT2D eigenvalue weighted by Gasteiger charge is -2.16. The molecule has 0 spiro atoms. The van der Waals surface area contributed by atoms with Crippen LogP contribution in [0.4, 0.5) is 0 Å². The summed E-state index contributed by atoms with van der Waals surface area (Å²) in [7, 11) is -3.43. The van der Waals surface area contributed by atoms with Crippen LogP contribution in [0.25, 0.3) is 0 Å². The van der Waals surface area contributed by atoms with Crippen molar-refractivity contribution >= 4 is 10.0 Å². The average molecular weight is 298 g/mol. The second kappa shape index (κ2) is 7.76. The fourth-order valence-electron chi connectivity index (χ4n) is 1.95. The molecule has 1 aromatic rings. The van der Waals surface area contributed by atoms with E-state index in [1.165, 1.54) is 0 Å². The summed E-state index contributed by atoms with van der Waals surface area (Å²) in [5.41, 5.74) is 1.86. The summed E-state index contributed by atoms with van der Waals surface area (Å²) in [6.45, 7) is 9.45. The molecule has 0 fully saturated rings. The van der Waals surface area contributed by atoms with Crippen LogP contribution >= 0.6 is 0 Å². The van der Waals surface area contributed by atoms with Gasteiger partial charge in [0.1, 0.15) is 0 Å². The van der Waals surface area contributed by atoms with Gasteiger partial charge in [-0.15, -0.1) is 0 Å². The van der Waals surface area contributed by atoms with Crippen molar-refractivity contribution in [3.8, 4) is 0 Å². The summed E-state index contributed by atoms with van der Waals surface area (Å²) in [5, 5.41) is 3.31. The summed E-state index contributed by atoms with van der Waals surface area (Å²) < 4.78 is 27.5. The van der Waals surface area contributed by atoms with Crippen molar-refractivity contribution in [3.05, 3.63) is 29.3 Å². The maximum absolute atomic E-state index is 12.4. The topological polar surface area (TPSA) is 58.2 Å². The highest BCUT2D eigenvalue weighted by Gasteiger charge is 2.19. The molecule has 0 aliphatic heterocycles. The maximum atomic E-state index is 12.4. The lowest BCUT2D eigenvalue weighted by atomic mass is 10.1. The Bertz CT molecular complexity index is 527. The van der Waals surface area contributed by atoms with Gasteiger partial charge in [-0.3, -0.25) is 0 Å². The molecule has 1 aromatic carbocycles. The molecule has 1 rings (SSSR count). The van der Waals surface area contributed by atoms with Gasteiger partial charge in [0.25, 0.3) is 0 Å².